The number of rotatable bonds is 6. The van der Waals surface area contributed by atoms with E-state index in [1.54, 1.807) is 14.2 Å². The zero-order chi connectivity index (χ0) is 20.8. The molecular formula is C26H22N2O2. The lowest BCUT2D eigenvalue weighted by Crippen LogP contribution is -1.93. The van der Waals surface area contributed by atoms with Crippen LogP contribution < -0.4 is 9.47 Å². The lowest BCUT2D eigenvalue weighted by Gasteiger charge is -2.04. The summed E-state index contributed by atoms with van der Waals surface area (Å²) in [5.74, 6) is 1.67. The van der Waals surface area contributed by atoms with Gasteiger partial charge in [-0.25, -0.2) is 9.97 Å². The smallest absolute Gasteiger partial charge is 0.118 e. The van der Waals surface area contributed by atoms with Gasteiger partial charge in [0.1, 0.15) is 11.5 Å². The molecule has 0 bridgehead atoms. The van der Waals surface area contributed by atoms with Crippen LogP contribution in [0.25, 0.3) is 35.3 Å². The van der Waals surface area contributed by atoms with Gasteiger partial charge in [-0.2, -0.15) is 0 Å². The maximum absolute atomic E-state index is 5.22. The highest BCUT2D eigenvalue weighted by atomic mass is 16.5. The van der Waals surface area contributed by atoms with Gasteiger partial charge >= 0.3 is 0 Å². The molecule has 1 heterocycles. The van der Waals surface area contributed by atoms with Gasteiger partial charge in [-0.05, 0) is 59.7 Å². The summed E-state index contributed by atoms with van der Waals surface area (Å²) in [6.45, 7) is 0. The van der Waals surface area contributed by atoms with E-state index in [1.165, 1.54) is 0 Å². The summed E-state index contributed by atoms with van der Waals surface area (Å²) in [4.78, 5) is 9.64. The highest BCUT2D eigenvalue weighted by Gasteiger charge is 2.04. The molecule has 0 aliphatic carbocycles. The first-order valence-electron chi connectivity index (χ1n) is 9.66. The van der Waals surface area contributed by atoms with Crippen LogP contribution in [0.3, 0.4) is 0 Å². The van der Waals surface area contributed by atoms with E-state index in [4.69, 9.17) is 19.4 Å². The average molecular weight is 394 g/mol. The van der Waals surface area contributed by atoms with Crippen molar-refractivity contribution in [3.63, 3.8) is 0 Å². The van der Waals surface area contributed by atoms with Crippen LogP contribution in [0, 0.1) is 0 Å². The molecule has 0 N–H and O–H groups in total. The van der Waals surface area contributed by atoms with Crippen LogP contribution in [-0.2, 0) is 0 Å². The molecular weight excluding hydrogens is 372 g/mol. The molecule has 0 saturated carbocycles. The van der Waals surface area contributed by atoms with Gasteiger partial charge in [0, 0.05) is 0 Å². The van der Waals surface area contributed by atoms with Gasteiger partial charge in [-0.3, -0.25) is 0 Å². The summed E-state index contributed by atoms with van der Waals surface area (Å²) in [6.07, 6.45) is 8.05. The number of hydrogen-bond acceptors (Lipinski definition) is 4. The zero-order valence-corrected chi connectivity index (χ0v) is 16.9. The van der Waals surface area contributed by atoms with E-state index in [0.717, 1.165) is 45.0 Å². The number of ether oxygens (including phenoxy) is 2. The van der Waals surface area contributed by atoms with E-state index in [2.05, 4.69) is 0 Å². The minimum atomic E-state index is 0.814. The Morgan fingerprint density at radius 2 is 0.933 bits per heavy atom. The summed E-state index contributed by atoms with van der Waals surface area (Å²) in [5.41, 5.74) is 5.50. The molecule has 0 spiro atoms. The number of aromatic nitrogens is 2. The third kappa shape index (κ3) is 4.55. The maximum atomic E-state index is 5.22. The Bertz CT molecular complexity index is 1100. The molecule has 4 aromatic rings. The normalized spacial score (nSPS) is 11.4. The average Bonchev–Trinajstić information content (AvgIpc) is 2.81. The first-order chi connectivity index (χ1) is 14.7. The number of methoxy groups -OCH3 is 2. The van der Waals surface area contributed by atoms with Crippen molar-refractivity contribution in [3.8, 4) is 11.5 Å². The monoisotopic (exact) mass is 394 g/mol. The Labute approximate surface area is 176 Å². The minimum absolute atomic E-state index is 0.814. The molecule has 4 nitrogen and oxygen atoms in total. The summed E-state index contributed by atoms with van der Waals surface area (Å²) in [6, 6.07) is 23.7. The third-order valence-electron chi connectivity index (χ3n) is 4.72. The summed E-state index contributed by atoms with van der Waals surface area (Å²) < 4.78 is 10.4. The highest BCUT2D eigenvalue weighted by Crippen LogP contribution is 2.20. The van der Waals surface area contributed by atoms with Crippen LogP contribution in [0.2, 0.25) is 0 Å². The predicted octanol–water partition coefficient (Wildman–Crippen LogP) is 5.99. The van der Waals surface area contributed by atoms with E-state index in [0.29, 0.717) is 0 Å². The highest BCUT2D eigenvalue weighted by molar-refractivity contribution is 5.82. The Balaban J connectivity index is 1.69. The second-order valence-corrected chi connectivity index (χ2v) is 6.70. The van der Waals surface area contributed by atoms with Crippen LogP contribution in [0.15, 0.2) is 72.8 Å². The lowest BCUT2D eigenvalue weighted by molar-refractivity contribution is 0.414. The standard InChI is InChI=1S/C26H22N2O2/c1-29-21-13-7-19(8-14-21)11-17-25-26(28-24-6-4-3-5-23(24)27-25)18-12-20-9-15-22(30-2)16-10-20/h3-18H,1-2H3/b17-11-,18-12-. The van der Waals surface area contributed by atoms with E-state index in [-0.39, 0.29) is 0 Å². The molecule has 0 saturated heterocycles. The van der Waals surface area contributed by atoms with Crippen LogP contribution in [0.1, 0.15) is 22.5 Å². The number of hydrogen-bond donors (Lipinski definition) is 0. The number of fused-ring (bicyclic) bond motifs is 1. The van der Waals surface area contributed by atoms with Crippen molar-refractivity contribution in [1.29, 1.82) is 0 Å². The maximum Gasteiger partial charge on any atom is 0.118 e. The van der Waals surface area contributed by atoms with E-state index < -0.39 is 0 Å². The molecule has 0 atom stereocenters. The molecule has 4 rings (SSSR count). The quantitative estimate of drug-likeness (QED) is 0.403. The first kappa shape index (κ1) is 19.4. The SMILES string of the molecule is COc1ccc(/C=C\c2nc3ccccc3nc2/C=C\c2ccc(OC)cc2)cc1. The Morgan fingerprint density at radius 1 is 0.533 bits per heavy atom. The molecule has 3 aromatic carbocycles. The van der Waals surface area contributed by atoms with Crippen LogP contribution >= 0.6 is 0 Å². The van der Waals surface area contributed by atoms with E-state index >= 15 is 0 Å². The van der Waals surface area contributed by atoms with Gasteiger partial charge in [0.15, 0.2) is 0 Å². The fourth-order valence-electron chi connectivity index (χ4n) is 3.05. The second kappa shape index (κ2) is 9.05. The van der Waals surface area contributed by atoms with Crippen LogP contribution in [-0.4, -0.2) is 24.2 Å². The van der Waals surface area contributed by atoms with Gasteiger partial charge in [0.25, 0.3) is 0 Å². The van der Waals surface area contributed by atoms with Crippen molar-refractivity contribution in [1.82, 2.24) is 9.97 Å². The Hall–Kier alpha value is -3.92. The van der Waals surface area contributed by atoms with Crippen molar-refractivity contribution < 1.29 is 9.47 Å². The molecule has 0 radical (unpaired) electrons. The molecule has 0 unspecified atom stereocenters. The number of nitrogens with zero attached hydrogens (tertiary/aromatic N) is 2. The van der Waals surface area contributed by atoms with E-state index in [9.17, 15) is 0 Å². The number of para-hydroxylation sites is 2. The van der Waals surface area contributed by atoms with Crippen molar-refractivity contribution in [2.45, 2.75) is 0 Å². The van der Waals surface area contributed by atoms with E-state index in [1.807, 2.05) is 97.1 Å². The third-order valence-corrected chi connectivity index (χ3v) is 4.72. The molecule has 0 aliphatic rings. The summed E-state index contributed by atoms with van der Waals surface area (Å²) >= 11 is 0. The van der Waals surface area contributed by atoms with Gasteiger partial charge in [0.05, 0.1) is 36.6 Å². The number of benzene rings is 3. The van der Waals surface area contributed by atoms with Gasteiger partial charge in [-0.1, -0.05) is 48.6 Å². The lowest BCUT2D eigenvalue weighted by atomic mass is 10.1. The summed E-state index contributed by atoms with van der Waals surface area (Å²) in [7, 11) is 3.33. The molecule has 30 heavy (non-hydrogen) atoms. The van der Waals surface area contributed by atoms with Crippen molar-refractivity contribution >= 4 is 35.3 Å². The molecule has 0 amide bonds. The molecule has 1 aromatic heterocycles. The van der Waals surface area contributed by atoms with Gasteiger partial charge in [0.2, 0.25) is 0 Å². The Morgan fingerprint density at radius 3 is 1.30 bits per heavy atom. The second-order valence-electron chi connectivity index (χ2n) is 6.70. The van der Waals surface area contributed by atoms with Crippen LogP contribution in [0.4, 0.5) is 0 Å². The molecule has 0 aliphatic heterocycles. The van der Waals surface area contributed by atoms with Crippen molar-refractivity contribution in [2.24, 2.45) is 0 Å². The van der Waals surface area contributed by atoms with Gasteiger partial charge in [-0.15, -0.1) is 0 Å². The molecule has 148 valence electrons. The minimum Gasteiger partial charge on any atom is -0.497 e. The largest absolute Gasteiger partial charge is 0.497 e. The first-order valence-corrected chi connectivity index (χ1v) is 9.66. The topological polar surface area (TPSA) is 44.2 Å². The fourth-order valence-corrected chi connectivity index (χ4v) is 3.05. The van der Waals surface area contributed by atoms with Gasteiger partial charge < -0.3 is 9.47 Å². The Kier molecular flexibility index (Phi) is 5.85. The summed E-state index contributed by atoms with van der Waals surface area (Å²) in [5, 5.41) is 0. The fraction of sp³-hybridized carbons (Fsp3) is 0.0769. The van der Waals surface area contributed by atoms with Crippen molar-refractivity contribution in [2.75, 3.05) is 14.2 Å². The molecule has 4 heteroatoms. The predicted molar refractivity (Wildman–Crippen MR) is 123 cm³/mol. The van der Waals surface area contributed by atoms with Crippen molar-refractivity contribution in [3.05, 3.63) is 95.3 Å². The zero-order valence-electron chi connectivity index (χ0n) is 16.9. The molecule has 0 fully saturated rings. The van der Waals surface area contributed by atoms with Crippen LogP contribution in [0.5, 0.6) is 11.5 Å².